The van der Waals surface area contributed by atoms with Crippen LogP contribution in [0.1, 0.15) is 22.5 Å². The van der Waals surface area contributed by atoms with Gasteiger partial charge in [0.05, 0.1) is 5.52 Å². The molecule has 0 amide bonds. The van der Waals surface area contributed by atoms with Crippen molar-refractivity contribution in [1.29, 1.82) is 0 Å². The standard InChI is InChI=1S/C17H14NO/c1-12-11-15(14-9-5-6-10-16(14)18-12)17(19)13-7-3-2-4-8-13/h2-3,5-11H,4H2,1H3. The van der Waals surface area contributed by atoms with Crippen molar-refractivity contribution in [2.24, 2.45) is 0 Å². The lowest BCUT2D eigenvalue weighted by Crippen LogP contribution is -2.05. The van der Waals surface area contributed by atoms with E-state index < -0.39 is 0 Å². The van der Waals surface area contributed by atoms with Gasteiger partial charge in [0.1, 0.15) is 0 Å². The number of aryl methyl sites for hydroxylation is 1. The molecule has 1 aromatic heterocycles. The molecule has 2 heteroatoms. The van der Waals surface area contributed by atoms with Gasteiger partial charge in [0.25, 0.3) is 0 Å². The van der Waals surface area contributed by atoms with E-state index in [1.807, 2.05) is 61.9 Å². The number of allylic oxidation sites excluding steroid dienone is 4. The summed E-state index contributed by atoms with van der Waals surface area (Å²) < 4.78 is 0. The molecule has 93 valence electrons. The molecule has 0 bridgehead atoms. The van der Waals surface area contributed by atoms with Crippen LogP contribution < -0.4 is 0 Å². The van der Waals surface area contributed by atoms with Crippen LogP contribution in [-0.2, 0) is 0 Å². The Bertz CT molecular complexity index is 710. The summed E-state index contributed by atoms with van der Waals surface area (Å²) in [7, 11) is 0. The maximum atomic E-state index is 12.6. The summed E-state index contributed by atoms with van der Waals surface area (Å²) >= 11 is 0. The van der Waals surface area contributed by atoms with E-state index in [2.05, 4.69) is 4.98 Å². The van der Waals surface area contributed by atoms with Gasteiger partial charge in [-0.3, -0.25) is 9.78 Å². The second-order valence-corrected chi connectivity index (χ2v) is 4.65. The van der Waals surface area contributed by atoms with Gasteiger partial charge in [-0.15, -0.1) is 0 Å². The molecule has 0 unspecified atom stereocenters. The molecular formula is C17H14NO. The van der Waals surface area contributed by atoms with Crippen molar-refractivity contribution in [2.45, 2.75) is 13.3 Å². The third kappa shape index (κ3) is 2.22. The van der Waals surface area contributed by atoms with Crippen LogP contribution >= 0.6 is 0 Å². The second kappa shape index (κ2) is 4.81. The largest absolute Gasteiger partial charge is 0.289 e. The normalized spacial score (nSPS) is 14.5. The van der Waals surface area contributed by atoms with E-state index >= 15 is 0 Å². The lowest BCUT2D eigenvalue weighted by molar-refractivity contribution is 0.103. The molecule has 0 saturated heterocycles. The van der Waals surface area contributed by atoms with Gasteiger partial charge in [0, 0.05) is 22.2 Å². The summed E-state index contributed by atoms with van der Waals surface area (Å²) in [6.45, 7) is 1.92. The molecule has 0 aliphatic heterocycles. The number of carbonyl (C=O) groups is 1. The number of carbonyl (C=O) groups excluding carboxylic acids is 1. The number of aromatic nitrogens is 1. The minimum absolute atomic E-state index is 0.0750. The number of hydrogen-bond donors (Lipinski definition) is 0. The van der Waals surface area contributed by atoms with Crippen LogP contribution in [0.5, 0.6) is 0 Å². The first kappa shape index (κ1) is 11.8. The Labute approximate surface area is 112 Å². The Hall–Kier alpha value is -2.22. The van der Waals surface area contributed by atoms with E-state index in [4.69, 9.17) is 0 Å². The van der Waals surface area contributed by atoms with Crippen molar-refractivity contribution in [3.8, 4) is 0 Å². The van der Waals surface area contributed by atoms with E-state index in [1.54, 1.807) is 0 Å². The molecule has 0 fully saturated rings. The van der Waals surface area contributed by atoms with E-state index in [0.29, 0.717) is 0 Å². The quantitative estimate of drug-likeness (QED) is 0.756. The number of Topliss-reactive ketones (excluding diaryl/α,β-unsaturated/α-hetero) is 1. The summed E-state index contributed by atoms with van der Waals surface area (Å²) in [5.41, 5.74) is 3.24. The van der Waals surface area contributed by atoms with Crippen LogP contribution in [0.3, 0.4) is 0 Å². The highest BCUT2D eigenvalue weighted by atomic mass is 16.1. The third-order valence-corrected chi connectivity index (χ3v) is 3.24. The summed E-state index contributed by atoms with van der Waals surface area (Å²) in [4.78, 5) is 17.1. The number of hydrogen-bond acceptors (Lipinski definition) is 2. The van der Waals surface area contributed by atoms with Crippen LogP contribution in [-0.4, -0.2) is 10.8 Å². The molecule has 1 aliphatic rings. The minimum atomic E-state index is 0.0750. The fourth-order valence-electron chi connectivity index (χ4n) is 2.33. The summed E-state index contributed by atoms with van der Waals surface area (Å²) in [6, 6.07) is 9.65. The Morgan fingerprint density at radius 3 is 2.89 bits per heavy atom. The zero-order valence-electron chi connectivity index (χ0n) is 10.8. The van der Waals surface area contributed by atoms with E-state index in [-0.39, 0.29) is 5.78 Å². The summed E-state index contributed by atoms with van der Waals surface area (Å²) in [6.07, 6.45) is 8.62. The first-order chi connectivity index (χ1) is 9.25. The van der Waals surface area contributed by atoms with E-state index in [9.17, 15) is 4.79 Å². The summed E-state index contributed by atoms with van der Waals surface area (Å²) in [5, 5.41) is 0.918. The van der Waals surface area contributed by atoms with Gasteiger partial charge in [0.15, 0.2) is 5.78 Å². The molecule has 1 radical (unpaired) electrons. The highest BCUT2D eigenvalue weighted by molar-refractivity contribution is 6.17. The zero-order valence-corrected chi connectivity index (χ0v) is 10.8. The Morgan fingerprint density at radius 1 is 1.26 bits per heavy atom. The van der Waals surface area contributed by atoms with Crippen molar-refractivity contribution in [3.05, 3.63) is 71.8 Å². The monoisotopic (exact) mass is 248 g/mol. The molecule has 1 aromatic carbocycles. The average Bonchev–Trinajstić information content (AvgIpc) is 2.46. The van der Waals surface area contributed by atoms with Crippen LogP contribution in [0.2, 0.25) is 0 Å². The number of nitrogens with zero attached hydrogens (tertiary/aromatic N) is 1. The third-order valence-electron chi connectivity index (χ3n) is 3.24. The molecule has 2 aromatic rings. The molecule has 3 rings (SSSR count). The van der Waals surface area contributed by atoms with Crippen molar-refractivity contribution in [3.63, 3.8) is 0 Å². The first-order valence-electron chi connectivity index (χ1n) is 6.37. The molecule has 0 saturated carbocycles. The van der Waals surface area contributed by atoms with E-state index in [0.717, 1.165) is 34.2 Å². The van der Waals surface area contributed by atoms with Crippen LogP contribution in [0.15, 0.2) is 54.1 Å². The predicted molar refractivity (Wildman–Crippen MR) is 77.0 cm³/mol. The molecule has 19 heavy (non-hydrogen) atoms. The SMILES string of the molecule is Cc1cc(C(=O)C2=CC[CH]C=C2)c2ccccc2n1. The van der Waals surface area contributed by atoms with Gasteiger partial charge in [-0.25, -0.2) is 0 Å². The smallest absolute Gasteiger partial charge is 0.193 e. The van der Waals surface area contributed by atoms with Gasteiger partial charge in [-0.1, -0.05) is 36.4 Å². The lowest BCUT2D eigenvalue weighted by Gasteiger charge is -2.09. The highest BCUT2D eigenvalue weighted by Gasteiger charge is 2.15. The van der Waals surface area contributed by atoms with E-state index in [1.165, 1.54) is 0 Å². The molecule has 1 aliphatic carbocycles. The molecule has 0 atom stereocenters. The minimum Gasteiger partial charge on any atom is -0.289 e. The maximum absolute atomic E-state index is 12.6. The van der Waals surface area contributed by atoms with Crippen molar-refractivity contribution in [1.82, 2.24) is 4.98 Å². The van der Waals surface area contributed by atoms with Crippen LogP contribution in [0.4, 0.5) is 0 Å². The second-order valence-electron chi connectivity index (χ2n) is 4.65. The average molecular weight is 248 g/mol. The van der Waals surface area contributed by atoms with Crippen molar-refractivity contribution >= 4 is 16.7 Å². The zero-order chi connectivity index (χ0) is 13.2. The van der Waals surface area contributed by atoms with Crippen molar-refractivity contribution < 1.29 is 4.79 Å². The van der Waals surface area contributed by atoms with Gasteiger partial charge in [-0.2, -0.15) is 0 Å². The number of benzene rings is 1. The number of para-hydroxylation sites is 1. The van der Waals surface area contributed by atoms with Gasteiger partial charge in [-0.05, 0) is 31.9 Å². The molecule has 0 N–H and O–H groups in total. The Kier molecular flexibility index (Phi) is 3.00. The topological polar surface area (TPSA) is 30.0 Å². The lowest BCUT2D eigenvalue weighted by atomic mass is 9.95. The van der Waals surface area contributed by atoms with Gasteiger partial charge in [0.2, 0.25) is 0 Å². The van der Waals surface area contributed by atoms with Gasteiger partial charge >= 0.3 is 0 Å². The van der Waals surface area contributed by atoms with Crippen LogP contribution in [0, 0.1) is 13.3 Å². The Morgan fingerprint density at radius 2 is 2.11 bits per heavy atom. The fourth-order valence-corrected chi connectivity index (χ4v) is 2.33. The van der Waals surface area contributed by atoms with Gasteiger partial charge < -0.3 is 0 Å². The predicted octanol–water partition coefficient (Wildman–Crippen LogP) is 3.82. The fraction of sp³-hybridized carbons (Fsp3) is 0.118. The summed E-state index contributed by atoms with van der Waals surface area (Å²) in [5.74, 6) is 0.0750. The number of fused-ring (bicyclic) bond motifs is 1. The first-order valence-corrected chi connectivity index (χ1v) is 6.37. The van der Waals surface area contributed by atoms with Crippen LogP contribution in [0.25, 0.3) is 10.9 Å². The Balaban J connectivity index is 2.16. The molecule has 0 spiro atoms. The maximum Gasteiger partial charge on any atom is 0.193 e. The molecule has 2 nitrogen and oxygen atoms in total. The molecule has 1 heterocycles. The van der Waals surface area contributed by atoms with Crippen molar-refractivity contribution in [2.75, 3.05) is 0 Å². The number of ketones is 1. The number of rotatable bonds is 2. The number of pyridine rings is 1. The highest BCUT2D eigenvalue weighted by Crippen LogP contribution is 2.23. The molecular weight excluding hydrogens is 234 g/mol.